The summed E-state index contributed by atoms with van der Waals surface area (Å²) in [5.74, 6) is 1.53. The zero-order chi connectivity index (χ0) is 16.7. The highest BCUT2D eigenvalue weighted by Gasteiger charge is 2.69. The molecule has 5 nitrogen and oxygen atoms in total. The Morgan fingerprint density at radius 3 is 2.88 bits per heavy atom. The van der Waals surface area contributed by atoms with E-state index < -0.39 is 17.1 Å². The summed E-state index contributed by atoms with van der Waals surface area (Å²) >= 11 is 0. The predicted molar refractivity (Wildman–Crippen MR) is 88.7 cm³/mol. The molecule has 1 spiro atoms. The number of benzene rings is 1. The number of nitrogens with zero attached hydrogens (tertiary/aromatic N) is 1. The van der Waals surface area contributed by atoms with Crippen LogP contribution in [0.3, 0.4) is 0 Å². The molecule has 24 heavy (non-hydrogen) atoms. The van der Waals surface area contributed by atoms with Gasteiger partial charge in [0.25, 0.3) is 0 Å². The molecule has 4 atom stereocenters. The molecule has 2 fully saturated rings. The Labute approximate surface area is 142 Å². The quantitative estimate of drug-likeness (QED) is 0.658. The van der Waals surface area contributed by atoms with Crippen LogP contribution in [-0.2, 0) is 11.8 Å². The van der Waals surface area contributed by atoms with Gasteiger partial charge in [-0.15, -0.1) is 0 Å². The van der Waals surface area contributed by atoms with Gasteiger partial charge in [0.1, 0.15) is 29.7 Å². The van der Waals surface area contributed by atoms with E-state index >= 15 is 0 Å². The second-order valence-corrected chi connectivity index (χ2v) is 8.36. The highest BCUT2D eigenvalue weighted by atomic mass is 16.6. The van der Waals surface area contributed by atoms with Gasteiger partial charge in [-0.05, 0) is 31.4 Å². The number of likely N-dealkylation sites (tertiary alicyclic amines) is 1. The van der Waals surface area contributed by atoms with Gasteiger partial charge < -0.3 is 24.8 Å². The minimum atomic E-state index is -1.06. The average Bonchev–Trinajstić information content (AvgIpc) is 3.28. The summed E-state index contributed by atoms with van der Waals surface area (Å²) < 4.78 is 5.63. The molecule has 2 heterocycles. The summed E-state index contributed by atoms with van der Waals surface area (Å²) in [5.41, 5.74) is 0.209. The Bertz CT molecular complexity index is 718. The highest BCUT2D eigenvalue weighted by Crippen LogP contribution is 2.61. The van der Waals surface area contributed by atoms with E-state index in [9.17, 15) is 15.4 Å². The maximum Gasteiger partial charge on any atom is 0.130 e. The number of hydrogen-bond acceptors (Lipinski definition) is 4. The normalized spacial score (nSPS) is 42.5. The van der Waals surface area contributed by atoms with E-state index in [2.05, 4.69) is 0 Å². The van der Waals surface area contributed by atoms with E-state index in [0.717, 1.165) is 29.7 Å². The van der Waals surface area contributed by atoms with Crippen LogP contribution in [0.4, 0.5) is 0 Å². The summed E-state index contributed by atoms with van der Waals surface area (Å²) in [7, 11) is 0. The third kappa shape index (κ3) is 1.61. The summed E-state index contributed by atoms with van der Waals surface area (Å²) in [6.45, 7) is 3.55. The minimum Gasteiger partial charge on any atom is -0.632 e. The van der Waals surface area contributed by atoms with Gasteiger partial charge in [0.05, 0.1) is 18.5 Å². The number of rotatable bonds is 3. The lowest BCUT2D eigenvalue weighted by Crippen LogP contribution is -2.76. The van der Waals surface area contributed by atoms with Gasteiger partial charge in [-0.1, -0.05) is 6.92 Å². The van der Waals surface area contributed by atoms with Crippen LogP contribution in [0.2, 0.25) is 0 Å². The summed E-state index contributed by atoms with van der Waals surface area (Å²) in [4.78, 5) is 0. The molecule has 2 bridgehead atoms. The highest BCUT2D eigenvalue weighted by molar-refractivity contribution is 5.59. The monoisotopic (exact) mass is 331 g/mol. The average molecular weight is 331 g/mol. The first-order chi connectivity index (χ1) is 11.4. The van der Waals surface area contributed by atoms with Crippen LogP contribution in [-0.4, -0.2) is 46.2 Å². The number of aliphatic hydroxyl groups is 1. The molecule has 2 N–H and O–H groups in total. The number of fused-ring (bicyclic) bond motifs is 1. The number of phenols is 1. The Morgan fingerprint density at radius 1 is 1.38 bits per heavy atom. The fourth-order valence-corrected chi connectivity index (χ4v) is 5.80. The fourth-order valence-electron chi connectivity index (χ4n) is 5.80. The summed E-state index contributed by atoms with van der Waals surface area (Å²) in [6.07, 6.45) is 3.90. The molecule has 1 aromatic carbocycles. The Morgan fingerprint density at radius 2 is 2.17 bits per heavy atom. The van der Waals surface area contributed by atoms with E-state index in [-0.39, 0.29) is 10.4 Å². The topological polar surface area (TPSA) is 72.8 Å². The van der Waals surface area contributed by atoms with Crippen LogP contribution >= 0.6 is 0 Å². The Kier molecular flexibility index (Phi) is 2.78. The van der Waals surface area contributed by atoms with Crippen molar-refractivity contribution in [3.8, 4) is 11.5 Å². The maximum absolute atomic E-state index is 13.7. The van der Waals surface area contributed by atoms with E-state index in [1.807, 2.05) is 6.92 Å². The molecule has 1 aromatic rings. The molecule has 0 amide bonds. The van der Waals surface area contributed by atoms with Crippen molar-refractivity contribution < 1.29 is 19.6 Å². The number of piperidine rings is 1. The van der Waals surface area contributed by atoms with Crippen molar-refractivity contribution in [1.82, 2.24) is 0 Å². The van der Waals surface area contributed by atoms with Crippen LogP contribution in [0, 0.1) is 11.1 Å². The molecule has 2 aliphatic heterocycles. The van der Waals surface area contributed by atoms with Gasteiger partial charge >= 0.3 is 0 Å². The first kappa shape index (κ1) is 15.0. The van der Waals surface area contributed by atoms with E-state index in [0.29, 0.717) is 44.9 Å². The smallest absolute Gasteiger partial charge is 0.130 e. The van der Waals surface area contributed by atoms with Crippen LogP contribution in [0.1, 0.15) is 43.7 Å². The molecule has 2 unspecified atom stereocenters. The molecular weight excluding hydrogens is 306 g/mol. The summed E-state index contributed by atoms with van der Waals surface area (Å²) in [5, 5.41) is 36.0. The second kappa shape index (κ2) is 4.45. The van der Waals surface area contributed by atoms with Crippen LogP contribution in [0.15, 0.2) is 12.1 Å². The lowest BCUT2D eigenvalue weighted by Gasteiger charge is -2.65. The van der Waals surface area contributed by atoms with Crippen molar-refractivity contribution in [2.45, 2.75) is 56.1 Å². The molecule has 1 saturated heterocycles. The Balaban J connectivity index is 1.71. The van der Waals surface area contributed by atoms with Gasteiger partial charge in [0, 0.05) is 29.9 Å². The second-order valence-electron chi connectivity index (χ2n) is 8.36. The maximum atomic E-state index is 13.7. The van der Waals surface area contributed by atoms with Gasteiger partial charge in [-0.3, -0.25) is 0 Å². The number of quaternary nitrogens is 1. The standard InChI is InChI=1S/C19H25NO4/c1-2-19(22)16-9-13-14(21)5-6-15-17(13)18(19,11-24-15)7-8-20(16,23)10-12-3-4-12/h5-6,12,16,21-22H,2-4,7-11H2,1H3/t16?,18-,19?,20+/m1/s1. The van der Waals surface area contributed by atoms with Crippen molar-refractivity contribution in [2.75, 3.05) is 19.7 Å². The first-order valence-corrected chi connectivity index (χ1v) is 9.22. The molecule has 0 radical (unpaired) electrons. The number of phenolic OH excluding ortho intramolecular Hbond substituents is 1. The van der Waals surface area contributed by atoms with Crippen LogP contribution in [0.25, 0.3) is 0 Å². The lowest BCUT2D eigenvalue weighted by atomic mass is 9.54. The molecule has 130 valence electrons. The fraction of sp³-hybridized carbons (Fsp3) is 0.684. The molecular formula is C19H25NO4. The van der Waals surface area contributed by atoms with E-state index in [1.54, 1.807) is 12.1 Å². The molecule has 0 aromatic heterocycles. The number of hydroxylamine groups is 3. The third-order valence-electron chi connectivity index (χ3n) is 7.27. The number of ether oxygens (including phenoxy) is 1. The van der Waals surface area contributed by atoms with Gasteiger partial charge in [0.2, 0.25) is 0 Å². The molecule has 4 aliphatic rings. The van der Waals surface area contributed by atoms with Crippen molar-refractivity contribution in [2.24, 2.45) is 5.92 Å². The molecule has 5 rings (SSSR count). The lowest BCUT2D eigenvalue weighted by molar-refractivity contribution is -0.923. The van der Waals surface area contributed by atoms with Gasteiger partial charge in [-0.25, -0.2) is 0 Å². The molecule has 2 aliphatic carbocycles. The SMILES string of the molecule is CCC1(O)C2Cc3c(O)ccc4c3[C@@]1(CC[N@+]2([O-])CC1CC1)CO4. The number of hydrogen-bond donors (Lipinski definition) is 2. The first-order valence-electron chi connectivity index (χ1n) is 9.22. The molecule has 5 heteroatoms. The van der Waals surface area contributed by atoms with Crippen LogP contribution < -0.4 is 4.74 Å². The number of aromatic hydroxyl groups is 1. The van der Waals surface area contributed by atoms with Gasteiger partial charge in [-0.2, -0.15) is 0 Å². The van der Waals surface area contributed by atoms with Crippen molar-refractivity contribution in [3.05, 3.63) is 28.5 Å². The summed E-state index contributed by atoms with van der Waals surface area (Å²) in [6, 6.07) is 3.06. The van der Waals surface area contributed by atoms with E-state index in [4.69, 9.17) is 4.74 Å². The van der Waals surface area contributed by atoms with Gasteiger partial charge in [0.15, 0.2) is 0 Å². The van der Waals surface area contributed by atoms with Crippen LogP contribution in [0.5, 0.6) is 11.5 Å². The predicted octanol–water partition coefficient (Wildman–Crippen LogP) is 2.22. The molecule has 1 saturated carbocycles. The van der Waals surface area contributed by atoms with Crippen molar-refractivity contribution >= 4 is 0 Å². The van der Waals surface area contributed by atoms with Crippen molar-refractivity contribution in [3.63, 3.8) is 0 Å². The zero-order valence-corrected chi connectivity index (χ0v) is 14.1. The zero-order valence-electron chi connectivity index (χ0n) is 14.1. The Hall–Kier alpha value is -1.30. The largest absolute Gasteiger partial charge is 0.632 e. The third-order valence-corrected chi connectivity index (χ3v) is 7.27. The van der Waals surface area contributed by atoms with Crippen molar-refractivity contribution in [1.29, 1.82) is 0 Å². The van der Waals surface area contributed by atoms with E-state index in [1.165, 1.54) is 0 Å². The minimum absolute atomic E-state index is 0.242.